The number of carboxylic acids is 2. The minimum absolute atomic E-state index is 0.0609. The molecule has 1 aromatic carbocycles. The first-order chi connectivity index (χ1) is 11.8. The van der Waals surface area contributed by atoms with Gasteiger partial charge in [-0.2, -0.15) is 0 Å². The van der Waals surface area contributed by atoms with Gasteiger partial charge in [0.1, 0.15) is 18.7 Å². The molecule has 0 bridgehead atoms. The average Bonchev–Trinajstić information content (AvgIpc) is 2.60. The minimum atomic E-state index is -2.07. The van der Waals surface area contributed by atoms with E-state index in [1.54, 1.807) is 0 Å². The highest BCUT2D eigenvalue weighted by Crippen LogP contribution is 2.13. The quantitative estimate of drug-likeness (QED) is 0.377. The van der Waals surface area contributed by atoms with Gasteiger partial charge in [0.25, 0.3) is 0 Å². The number of carbonyl (C=O) groups is 2. The van der Waals surface area contributed by atoms with Crippen LogP contribution in [0.1, 0.15) is 32.4 Å². The molecule has 25 heavy (non-hydrogen) atoms. The number of benzene rings is 1. The van der Waals surface area contributed by atoms with Crippen molar-refractivity contribution in [3.05, 3.63) is 35.9 Å². The highest BCUT2D eigenvalue weighted by molar-refractivity contribution is 6.26. The number of hydrogen-bond donors (Lipinski definition) is 3. The van der Waals surface area contributed by atoms with Crippen molar-refractivity contribution in [1.29, 1.82) is 0 Å². The van der Waals surface area contributed by atoms with Crippen molar-refractivity contribution < 1.29 is 39.7 Å². The number of hydrogen-bond acceptors (Lipinski definition) is 6. The molecule has 8 heteroatoms. The summed E-state index contributed by atoms with van der Waals surface area (Å²) in [6.07, 6.45) is -0.689. The van der Waals surface area contributed by atoms with Crippen LogP contribution in [0.4, 0.5) is 0 Å². The monoisotopic (exact) mass is 357 g/mol. The first-order valence-corrected chi connectivity index (χ1v) is 8.07. The highest BCUT2D eigenvalue weighted by atomic mass is 16.7. The number of rotatable bonds is 9. The minimum Gasteiger partial charge on any atom is -0.539 e. The third-order valence-corrected chi connectivity index (χ3v) is 3.22. The lowest BCUT2D eigenvalue weighted by molar-refractivity contribution is -0.705. The van der Waals surface area contributed by atoms with E-state index in [2.05, 4.69) is 5.32 Å². The Bertz CT molecular complexity index is 477. The van der Waals surface area contributed by atoms with Crippen LogP contribution in [0.5, 0.6) is 0 Å². The van der Waals surface area contributed by atoms with Crippen molar-refractivity contribution in [2.45, 2.75) is 39.2 Å². The van der Waals surface area contributed by atoms with Crippen molar-refractivity contribution in [3.8, 4) is 0 Å². The lowest BCUT2D eigenvalue weighted by Gasteiger charge is -2.21. The van der Waals surface area contributed by atoms with Gasteiger partial charge < -0.3 is 34.9 Å². The zero-order chi connectivity index (χ0) is 19.2. The van der Waals surface area contributed by atoms with Gasteiger partial charge in [-0.1, -0.05) is 30.3 Å². The number of nitrogens with two attached hydrogens (primary N) is 1. The van der Waals surface area contributed by atoms with Gasteiger partial charge in [-0.05, 0) is 26.3 Å². The summed E-state index contributed by atoms with van der Waals surface area (Å²) in [6, 6.07) is 9.77. The second-order valence-corrected chi connectivity index (χ2v) is 5.12. The summed E-state index contributed by atoms with van der Waals surface area (Å²) in [5.74, 6) is -4.01. The Morgan fingerprint density at radius 1 is 1.16 bits per heavy atom. The van der Waals surface area contributed by atoms with E-state index in [0.717, 1.165) is 5.56 Å². The molecular weight excluding hydrogens is 330 g/mol. The lowest BCUT2D eigenvalue weighted by Crippen LogP contribution is -2.92. The molecule has 4 N–H and O–H groups in total. The summed E-state index contributed by atoms with van der Waals surface area (Å²) >= 11 is 0. The Kier molecular flexibility index (Phi) is 12.2. The third-order valence-electron chi connectivity index (χ3n) is 3.22. The fourth-order valence-corrected chi connectivity index (χ4v) is 1.96. The first-order valence-electron chi connectivity index (χ1n) is 8.07. The molecule has 0 fully saturated rings. The summed E-state index contributed by atoms with van der Waals surface area (Å²) in [7, 11) is 0. The van der Waals surface area contributed by atoms with Gasteiger partial charge in [-0.15, -0.1) is 0 Å². The normalized spacial score (nSPS) is 12.8. The Labute approximate surface area is 147 Å². The van der Waals surface area contributed by atoms with E-state index in [1.165, 1.54) is 0 Å². The van der Waals surface area contributed by atoms with E-state index in [1.807, 2.05) is 51.1 Å². The van der Waals surface area contributed by atoms with Gasteiger partial charge >= 0.3 is 5.97 Å². The molecule has 2 atom stereocenters. The van der Waals surface area contributed by atoms with E-state index >= 15 is 0 Å². The molecule has 0 aliphatic carbocycles. The smallest absolute Gasteiger partial charge is 0.351 e. The molecule has 0 saturated heterocycles. The molecule has 0 saturated carbocycles. The first kappa shape index (κ1) is 23.0. The van der Waals surface area contributed by atoms with Crippen molar-refractivity contribution in [3.63, 3.8) is 0 Å². The number of aliphatic carboxylic acids is 2. The predicted molar refractivity (Wildman–Crippen MR) is 87.3 cm³/mol. The summed E-state index contributed by atoms with van der Waals surface area (Å²) in [4.78, 5) is 18.0. The van der Waals surface area contributed by atoms with Crippen LogP contribution < -0.4 is 10.4 Å². The molecule has 2 unspecified atom stereocenters. The summed E-state index contributed by atoms with van der Waals surface area (Å²) in [5.41, 5.74) is 0.940. The van der Waals surface area contributed by atoms with Gasteiger partial charge in [0, 0.05) is 13.2 Å². The van der Waals surface area contributed by atoms with Crippen LogP contribution >= 0.6 is 0 Å². The van der Waals surface area contributed by atoms with Crippen molar-refractivity contribution in [2.75, 3.05) is 19.8 Å². The maximum absolute atomic E-state index is 10.2. The summed E-state index contributed by atoms with van der Waals surface area (Å²) < 4.78 is 11.0. The second kappa shape index (κ2) is 13.3. The van der Waals surface area contributed by atoms with Crippen LogP contribution in [0.3, 0.4) is 0 Å². The van der Waals surface area contributed by atoms with Gasteiger partial charge in [0.15, 0.2) is 5.97 Å². The SMILES string of the molecule is CCOC(C[NH2+]C(C)C(O)c1ccccc1)OCC.O=C([O-])C(=O)O. The Hall–Kier alpha value is -2.00. The van der Waals surface area contributed by atoms with Crippen LogP contribution in [-0.2, 0) is 19.1 Å². The molecule has 1 aromatic rings. The molecule has 0 aliphatic rings. The fourth-order valence-electron chi connectivity index (χ4n) is 1.96. The Balaban J connectivity index is 0.000000823. The second-order valence-electron chi connectivity index (χ2n) is 5.12. The number of aliphatic hydroxyl groups excluding tert-OH is 1. The van der Waals surface area contributed by atoms with Crippen molar-refractivity contribution >= 4 is 11.9 Å². The van der Waals surface area contributed by atoms with Gasteiger partial charge in [0.2, 0.25) is 6.29 Å². The number of carbonyl (C=O) groups excluding carboxylic acids is 1. The number of quaternary nitrogens is 1. The molecule has 142 valence electrons. The topological polar surface area (TPSA) is 133 Å². The Morgan fingerprint density at radius 3 is 2.04 bits per heavy atom. The average molecular weight is 357 g/mol. The molecule has 1 rings (SSSR count). The van der Waals surface area contributed by atoms with E-state index in [-0.39, 0.29) is 12.3 Å². The van der Waals surface area contributed by atoms with E-state index in [4.69, 9.17) is 29.3 Å². The van der Waals surface area contributed by atoms with E-state index in [9.17, 15) is 5.11 Å². The summed E-state index contributed by atoms with van der Waals surface area (Å²) in [6.45, 7) is 7.87. The lowest BCUT2D eigenvalue weighted by atomic mass is 10.0. The molecular formula is C17H27NO7. The van der Waals surface area contributed by atoms with E-state index in [0.29, 0.717) is 19.8 Å². The van der Waals surface area contributed by atoms with Gasteiger partial charge in [0.05, 0.1) is 0 Å². The molecule has 0 aliphatic heterocycles. The molecule has 0 spiro atoms. The van der Waals surface area contributed by atoms with Crippen molar-refractivity contribution in [2.24, 2.45) is 0 Å². The zero-order valence-electron chi connectivity index (χ0n) is 14.8. The molecule has 0 aromatic heterocycles. The largest absolute Gasteiger partial charge is 0.539 e. The van der Waals surface area contributed by atoms with Crippen LogP contribution in [0.15, 0.2) is 30.3 Å². The van der Waals surface area contributed by atoms with Crippen LogP contribution in [-0.4, -0.2) is 54.2 Å². The third kappa shape index (κ3) is 10.5. The standard InChI is InChI=1S/C15H25NO3.C2H2O4/c1-4-18-14(19-5-2)11-16-12(3)15(17)13-9-7-6-8-10-13;3-1(4)2(5)6/h6-10,12,14-17H,4-5,11H2,1-3H3;(H,3,4)(H,5,6). The van der Waals surface area contributed by atoms with Crippen LogP contribution in [0, 0.1) is 0 Å². The van der Waals surface area contributed by atoms with E-state index < -0.39 is 18.0 Å². The maximum atomic E-state index is 10.2. The Morgan fingerprint density at radius 2 is 1.64 bits per heavy atom. The van der Waals surface area contributed by atoms with Crippen LogP contribution in [0.2, 0.25) is 0 Å². The molecule has 0 amide bonds. The fraction of sp³-hybridized carbons (Fsp3) is 0.529. The van der Waals surface area contributed by atoms with Gasteiger partial charge in [-0.3, -0.25) is 0 Å². The van der Waals surface area contributed by atoms with Crippen molar-refractivity contribution in [1.82, 2.24) is 0 Å². The van der Waals surface area contributed by atoms with Crippen LogP contribution in [0.25, 0.3) is 0 Å². The molecule has 0 heterocycles. The number of ether oxygens (including phenoxy) is 2. The maximum Gasteiger partial charge on any atom is 0.351 e. The number of carboxylic acid groups (broad SMARTS) is 2. The van der Waals surface area contributed by atoms with Gasteiger partial charge in [-0.25, -0.2) is 4.79 Å². The highest BCUT2D eigenvalue weighted by Gasteiger charge is 2.21. The number of aliphatic hydroxyl groups is 1. The summed E-state index contributed by atoms with van der Waals surface area (Å²) in [5, 5.41) is 28.6. The molecule has 0 radical (unpaired) electrons. The zero-order valence-corrected chi connectivity index (χ0v) is 14.8. The predicted octanol–water partition coefficient (Wildman–Crippen LogP) is -1.11. The molecule has 8 nitrogen and oxygen atoms in total.